The van der Waals surface area contributed by atoms with Gasteiger partial charge in [0.1, 0.15) is 5.75 Å². The first-order valence-corrected chi connectivity index (χ1v) is 9.90. The van der Waals surface area contributed by atoms with Crippen molar-refractivity contribution in [3.8, 4) is 11.4 Å². The highest BCUT2D eigenvalue weighted by molar-refractivity contribution is 5.96. The average molecular weight is 418 g/mol. The highest BCUT2D eigenvalue weighted by Gasteiger charge is 2.20. The largest absolute Gasteiger partial charge is 0.497 e. The molecule has 0 unspecified atom stereocenters. The minimum atomic E-state index is -0.465. The Morgan fingerprint density at radius 2 is 1.77 bits per heavy atom. The van der Waals surface area contributed by atoms with Crippen LogP contribution in [0.2, 0.25) is 0 Å². The lowest BCUT2D eigenvalue weighted by Gasteiger charge is -2.13. The van der Waals surface area contributed by atoms with Gasteiger partial charge >= 0.3 is 5.69 Å². The van der Waals surface area contributed by atoms with Gasteiger partial charge < -0.3 is 9.30 Å². The number of Topliss-reactive ketones (excluding diaryl/α,β-unsaturated/α-hetero) is 1. The quantitative estimate of drug-likeness (QED) is 0.449. The number of nitrogens with zero attached hydrogens (tertiary/aromatic N) is 4. The zero-order valence-corrected chi connectivity index (χ0v) is 17.5. The maximum Gasteiger partial charge on any atom is 0.337 e. The van der Waals surface area contributed by atoms with Crippen LogP contribution < -0.4 is 16.0 Å². The zero-order chi connectivity index (χ0) is 22.1. The van der Waals surface area contributed by atoms with Crippen molar-refractivity contribution in [1.29, 1.82) is 0 Å². The molecule has 31 heavy (non-hydrogen) atoms. The highest BCUT2D eigenvalue weighted by Crippen LogP contribution is 2.17. The first kappa shape index (κ1) is 20.3. The molecular weight excluding hydrogens is 396 g/mol. The molecule has 0 spiro atoms. The number of hydrogen-bond donors (Lipinski definition) is 0. The first-order valence-electron chi connectivity index (χ1n) is 9.90. The van der Waals surface area contributed by atoms with Crippen molar-refractivity contribution < 1.29 is 9.53 Å². The van der Waals surface area contributed by atoms with Crippen LogP contribution in [0.4, 0.5) is 0 Å². The van der Waals surface area contributed by atoms with Crippen LogP contribution in [-0.2, 0) is 13.1 Å². The molecule has 4 aromatic rings. The number of ether oxygens (including phenoxy) is 1. The Morgan fingerprint density at radius 1 is 1.06 bits per heavy atom. The molecule has 0 atom stereocenters. The second kappa shape index (κ2) is 8.06. The standard InChI is InChI=1S/C23H22N4O4/c1-4-26-22(29)20-21(27(23(26)30)18-8-6-5-7-15(18)2)24-14-25(20)13-19(28)16-9-11-17(31-3)12-10-16/h5-12,14H,4,13H2,1-3H3. The number of methoxy groups -OCH3 is 1. The van der Waals surface area contributed by atoms with Gasteiger partial charge in [-0.05, 0) is 49.7 Å². The number of hydrogen-bond acceptors (Lipinski definition) is 5. The number of carbonyl (C=O) groups excluding carboxylic acids is 1. The average Bonchev–Trinajstić information content (AvgIpc) is 3.19. The van der Waals surface area contributed by atoms with Gasteiger partial charge in [-0.2, -0.15) is 0 Å². The minimum Gasteiger partial charge on any atom is -0.497 e. The van der Waals surface area contributed by atoms with E-state index >= 15 is 0 Å². The molecule has 2 aromatic carbocycles. The maximum absolute atomic E-state index is 13.1. The molecule has 0 saturated heterocycles. The number of imidazole rings is 1. The Hall–Kier alpha value is -3.94. The third kappa shape index (κ3) is 3.46. The fraction of sp³-hybridized carbons (Fsp3) is 0.217. The van der Waals surface area contributed by atoms with Crippen molar-refractivity contribution in [2.24, 2.45) is 0 Å². The number of aromatic nitrogens is 4. The Bertz CT molecular complexity index is 1390. The smallest absolute Gasteiger partial charge is 0.337 e. The monoisotopic (exact) mass is 418 g/mol. The molecular formula is C23H22N4O4. The molecule has 158 valence electrons. The molecule has 0 aliphatic heterocycles. The fourth-order valence-electron chi connectivity index (χ4n) is 3.63. The summed E-state index contributed by atoms with van der Waals surface area (Å²) < 4.78 is 9.22. The van der Waals surface area contributed by atoms with Crippen LogP contribution in [0.25, 0.3) is 16.9 Å². The second-order valence-electron chi connectivity index (χ2n) is 7.15. The summed E-state index contributed by atoms with van der Waals surface area (Å²) >= 11 is 0. The highest BCUT2D eigenvalue weighted by atomic mass is 16.5. The van der Waals surface area contributed by atoms with Crippen LogP contribution in [0.5, 0.6) is 5.75 Å². The number of carbonyl (C=O) groups is 1. The predicted octanol–water partition coefficient (Wildman–Crippen LogP) is 2.57. The molecule has 2 aromatic heterocycles. The predicted molar refractivity (Wildman–Crippen MR) is 117 cm³/mol. The number of aryl methyl sites for hydroxylation is 1. The van der Waals surface area contributed by atoms with E-state index in [2.05, 4.69) is 4.98 Å². The van der Waals surface area contributed by atoms with Crippen LogP contribution >= 0.6 is 0 Å². The SMILES string of the molecule is CCn1c(=O)c2c(ncn2CC(=O)c2ccc(OC)cc2)n(-c2ccccc2C)c1=O. The summed E-state index contributed by atoms with van der Waals surface area (Å²) in [5, 5.41) is 0. The van der Waals surface area contributed by atoms with Gasteiger partial charge in [0.15, 0.2) is 16.9 Å². The van der Waals surface area contributed by atoms with Crippen LogP contribution in [0.1, 0.15) is 22.8 Å². The van der Waals surface area contributed by atoms with Gasteiger partial charge in [0.25, 0.3) is 5.56 Å². The van der Waals surface area contributed by atoms with Crippen molar-refractivity contribution >= 4 is 16.9 Å². The van der Waals surface area contributed by atoms with Crippen LogP contribution in [-0.4, -0.2) is 31.6 Å². The molecule has 0 fully saturated rings. The van der Waals surface area contributed by atoms with E-state index in [9.17, 15) is 14.4 Å². The Kier molecular flexibility index (Phi) is 5.29. The van der Waals surface area contributed by atoms with Crippen molar-refractivity contribution in [1.82, 2.24) is 18.7 Å². The molecule has 2 heterocycles. The molecule has 0 bridgehead atoms. The number of fused-ring (bicyclic) bond motifs is 1. The van der Waals surface area contributed by atoms with Crippen LogP contribution in [0.15, 0.2) is 64.4 Å². The molecule has 8 heteroatoms. The molecule has 0 amide bonds. The summed E-state index contributed by atoms with van der Waals surface area (Å²) in [6.45, 7) is 3.75. The summed E-state index contributed by atoms with van der Waals surface area (Å²) in [6.07, 6.45) is 1.43. The van der Waals surface area contributed by atoms with Gasteiger partial charge in [0.05, 0.1) is 25.7 Å². The van der Waals surface area contributed by atoms with Crippen molar-refractivity contribution in [3.63, 3.8) is 0 Å². The van der Waals surface area contributed by atoms with E-state index in [4.69, 9.17) is 4.74 Å². The molecule has 8 nitrogen and oxygen atoms in total. The Balaban J connectivity index is 1.88. The topological polar surface area (TPSA) is 88.1 Å². The van der Waals surface area contributed by atoms with Crippen molar-refractivity contribution in [2.75, 3.05) is 7.11 Å². The van der Waals surface area contributed by atoms with Crippen molar-refractivity contribution in [2.45, 2.75) is 26.9 Å². The summed E-state index contributed by atoms with van der Waals surface area (Å²) in [5.41, 5.74) is 1.53. The first-order chi connectivity index (χ1) is 15.0. The number of benzene rings is 2. The van der Waals surface area contributed by atoms with E-state index in [1.54, 1.807) is 38.3 Å². The van der Waals surface area contributed by atoms with E-state index in [0.29, 0.717) is 17.0 Å². The second-order valence-corrected chi connectivity index (χ2v) is 7.15. The Labute approximate surface area is 178 Å². The maximum atomic E-state index is 13.1. The van der Waals surface area contributed by atoms with Crippen LogP contribution in [0, 0.1) is 6.92 Å². The van der Waals surface area contributed by atoms with Gasteiger partial charge in [0.2, 0.25) is 0 Å². The van der Waals surface area contributed by atoms with Gasteiger partial charge in [-0.15, -0.1) is 0 Å². The molecule has 4 rings (SSSR count). The summed E-state index contributed by atoms with van der Waals surface area (Å²) in [4.78, 5) is 43.4. The van der Waals surface area contributed by atoms with E-state index < -0.39 is 11.2 Å². The van der Waals surface area contributed by atoms with Crippen LogP contribution in [0.3, 0.4) is 0 Å². The normalized spacial score (nSPS) is 11.1. The van der Waals surface area contributed by atoms with Gasteiger partial charge in [-0.25, -0.2) is 14.3 Å². The summed E-state index contributed by atoms with van der Waals surface area (Å²) in [6, 6.07) is 14.2. The van der Waals surface area contributed by atoms with E-state index in [1.165, 1.54) is 15.5 Å². The van der Waals surface area contributed by atoms with E-state index in [0.717, 1.165) is 10.1 Å². The molecule has 0 radical (unpaired) electrons. The lowest BCUT2D eigenvalue weighted by atomic mass is 10.1. The molecule has 0 saturated carbocycles. The molecule has 0 aliphatic carbocycles. The minimum absolute atomic E-state index is 0.0756. The van der Waals surface area contributed by atoms with Gasteiger partial charge in [0, 0.05) is 12.1 Å². The summed E-state index contributed by atoms with van der Waals surface area (Å²) in [7, 11) is 1.56. The molecule has 0 N–H and O–H groups in total. The van der Waals surface area contributed by atoms with E-state index in [1.807, 2.05) is 31.2 Å². The third-order valence-electron chi connectivity index (χ3n) is 5.30. The van der Waals surface area contributed by atoms with Crippen molar-refractivity contribution in [3.05, 3.63) is 86.8 Å². The summed E-state index contributed by atoms with van der Waals surface area (Å²) in [5.74, 6) is 0.468. The number of para-hydroxylation sites is 1. The number of ketones is 1. The molecule has 0 aliphatic rings. The fourth-order valence-corrected chi connectivity index (χ4v) is 3.63. The number of rotatable bonds is 6. The van der Waals surface area contributed by atoms with Gasteiger partial charge in [-0.1, -0.05) is 18.2 Å². The van der Waals surface area contributed by atoms with E-state index in [-0.39, 0.29) is 30.0 Å². The Morgan fingerprint density at radius 3 is 2.42 bits per heavy atom. The zero-order valence-electron chi connectivity index (χ0n) is 17.5. The van der Waals surface area contributed by atoms with Gasteiger partial charge in [-0.3, -0.25) is 14.2 Å². The lowest BCUT2D eigenvalue weighted by molar-refractivity contribution is 0.0973. The third-order valence-corrected chi connectivity index (χ3v) is 5.30. The lowest BCUT2D eigenvalue weighted by Crippen LogP contribution is -2.40.